The number of aliphatic hydroxyl groups excluding tert-OH is 1. The van der Waals surface area contributed by atoms with Crippen LogP contribution >= 0.6 is 0 Å². The molecule has 0 rings (SSSR count). The summed E-state index contributed by atoms with van der Waals surface area (Å²) in [7, 11) is 0. The summed E-state index contributed by atoms with van der Waals surface area (Å²) in [5, 5.41) is 12.9. The topological polar surface area (TPSA) is 34.3 Å². The number of halogens is 2. The van der Waals surface area contributed by atoms with Gasteiger partial charge in [-0.2, -0.15) is 0 Å². The molecular formula is C22H48Cl2NOTi. The van der Waals surface area contributed by atoms with Crippen LogP contribution in [0, 0.1) is 0 Å². The first-order chi connectivity index (χ1) is 11.8. The first kappa shape index (κ1) is 38.8. The van der Waals surface area contributed by atoms with Gasteiger partial charge in [0.25, 0.3) is 0 Å². The molecule has 0 bridgehead atoms. The summed E-state index contributed by atoms with van der Waals surface area (Å²) in [6.45, 7) is 9.30. The summed E-state index contributed by atoms with van der Waals surface area (Å²) in [4.78, 5) is 0. The number of nitrogens with zero attached hydrogens (tertiary/aromatic N) is 1. The van der Waals surface area contributed by atoms with Crippen LogP contribution in [0.1, 0.15) is 124 Å². The summed E-state index contributed by atoms with van der Waals surface area (Å²) < 4.78 is 0. The molecule has 27 heavy (non-hydrogen) atoms. The third-order valence-electron chi connectivity index (χ3n) is 4.35. The van der Waals surface area contributed by atoms with Gasteiger partial charge >= 0.3 is 21.7 Å². The zero-order chi connectivity index (χ0) is 18.1. The molecular weight excluding hydrogens is 413 g/mol. The summed E-state index contributed by atoms with van der Waals surface area (Å²) in [5.41, 5.74) is 0. The minimum atomic E-state index is 0. The third kappa shape index (κ3) is 46.9. The molecule has 0 aliphatic heterocycles. The van der Waals surface area contributed by atoms with Crippen molar-refractivity contribution in [2.75, 3.05) is 19.7 Å². The largest absolute Gasteiger partial charge is 3.00 e. The van der Waals surface area contributed by atoms with E-state index in [1.807, 2.05) is 0 Å². The molecule has 5 heteroatoms. The van der Waals surface area contributed by atoms with Gasteiger partial charge in [0.15, 0.2) is 0 Å². The Bertz CT molecular complexity index is 183. The van der Waals surface area contributed by atoms with Crippen molar-refractivity contribution in [3.63, 3.8) is 0 Å². The van der Waals surface area contributed by atoms with Gasteiger partial charge in [-0.3, -0.25) is 0 Å². The summed E-state index contributed by atoms with van der Waals surface area (Å²) in [6, 6.07) is 0. The minimum Gasteiger partial charge on any atom is -1.00 e. The fourth-order valence-electron chi connectivity index (χ4n) is 2.66. The van der Waals surface area contributed by atoms with Crippen molar-refractivity contribution in [2.24, 2.45) is 0 Å². The van der Waals surface area contributed by atoms with Crippen molar-refractivity contribution in [1.82, 2.24) is 0 Å². The second-order valence-electron chi connectivity index (χ2n) is 6.99. The van der Waals surface area contributed by atoms with Crippen LogP contribution in [0.5, 0.6) is 0 Å². The van der Waals surface area contributed by atoms with Crippen molar-refractivity contribution >= 4 is 0 Å². The Hall–Kier alpha value is 1.21. The Labute approximate surface area is 199 Å². The van der Waals surface area contributed by atoms with Crippen LogP contribution in [0.3, 0.4) is 0 Å². The molecule has 0 saturated carbocycles. The SMILES string of the molecule is CCCCCCCC[N-]CCCCCCCC.CCCCCCO.[Cl-].[Cl-].[Ti+3]. The molecule has 0 heterocycles. The molecule has 2 nitrogen and oxygen atoms in total. The molecule has 1 N–H and O–H groups in total. The minimum absolute atomic E-state index is 0. The van der Waals surface area contributed by atoms with Gasteiger partial charge < -0.3 is 35.2 Å². The number of rotatable bonds is 18. The Balaban J connectivity index is -0.000000139. The van der Waals surface area contributed by atoms with Crippen LogP contribution in [0.4, 0.5) is 0 Å². The van der Waals surface area contributed by atoms with Crippen molar-refractivity contribution in [3.8, 4) is 0 Å². The second kappa shape index (κ2) is 41.6. The van der Waals surface area contributed by atoms with Crippen LogP contribution in [0.2, 0.25) is 0 Å². The number of unbranched alkanes of at least 4 members (excludes halogenated alkanes) is 13. The Morgan fingerprint density at radius 1 is 0.481 bits per heavy atom. The molecule has 0 spiro atoms. The molecule has 0 amide bonds. The Morgan fingerprint density at radius 3 is 1.11 bits per heavy atom. The Morgan fingerprint density at radius 2 is 0.778 bits per heavy atom. The summed E-state index contributed by atoms with van der Waals surface area (Å²) in [6.07, 6.45) is 21.3. The average Bonchev–Trinajstić information content (AvgIpc) is 2.60. The van der Waals surface area contributed by atoms with E-state index in [1.165, 1.54) is 96.3 Å². The van der Waals surface area contributed by atoms with Crippen molar-refractivity contribution in [1.29, 1.82) is 0 Å². The second-order valence-corrected chi connectivity index (χ2v) is 6.99. The van der Waals surface area contributed by atoms with Gasteiger partial charge in [-0.15, -0.1) is 13.1 Å². The molecule has 1 radical (unpaired) electrons. The molecule has 0 saturated heterocycles. The monoisotopic (exact) mass is 460 g/mol. The molecule has 0 atom stereocenters. The maximum atomic E-state index is 8.29. The van der Waals surface area contributed by atoms with E-state index in [0.717, 1.165) is 19.5 Å². The predicted molar refractivity (Wildman–Crippen MR) is 111 cm³/mol. The standard InChI is InChI=1S/C16H34N.C6H14O.2ClH.Ti/c1-3-5-7-9-11-13-15-17-16-14-12-10-8-6-4-2;1-2-3-4-5-6-7;;;/h3-16H2,1-2H3;7H,2-6H2,1H3;2*1H;/q-1;;;;+3/p-2. The molecule has 0 unspecified atom stereocenters. The average molecular weight is 461 g/mol. The van der Waals surface area contributed by atoms with Crippen LogP contribution in [0.25, 0.3) is 5.32 Å². The molecule has 0 fully saturated rings. The first-order valence-electron chi connectivity index (χ1n) is 11.1. The van der Waals surface area contributed by atoms with E-state index >= 15 is 0 Å². The molecule has 0 aromatic rings. The van der Waals surface area contributed by atoms with Gasteiger partial charge in [-0.05, 0) is 6.42 Å². The van der Waals surface area contributed by atoms with E-state index in [-0.39, 0.29) is 46.5 Å². The first-order valence-corrected chi connectivity index (χ1v) is 11.1. The van der Waals surface area contributed by atoms with Crippen LogP contribution in [0.15, 0.2) is 0 Å². The van der Waals surface area contributed by atoms with Gasteiger partial charge in [0.1, 0.15) is 0 Å². The zero-order valence-corrected chi connectivity index (χ0v) is 21.7. The van der Waals surface area contributed by atoms with Crippen LogP contribution < -0.4 is 24.8 Å². The number of hydrogen-bond acceptors (Lipinski definition) is 1. The van der Waals surface area contributed by atoms with Crippen molar-refractivity contribution < 1.29 is 51.6 Å². The quantitative estimate of drug-likeness (QED) is 0.245. The summed E-state index contributed by atoms with van der Waals surface area (Å²) >= 11 is 0. The van der Waals surface area contributed by atoms with Gasteiger partial charge in [0, 0.05) is 6.61 Å². The number of hydrogen-bond donors (Lipinski definition) is 1. The zero-order valence-electron chi connectivity index (χ0n) is 18.6. The van der Waals surface area contributed by atoms with E-state index in [0.29, 0.717) is 6.61 Å². The fourth-order valence-corrected chi connectivity index (χ4v) is 2.66. The van der Waals surface area contributed by atoms with Gasteiger partial charge in [0.2, 0.25) is 0 Å². The van der Waals surface area contributed by atoms with E-state index in [2.05, 4.69) is 26.1 Å². The number of aliphatic hydroxyl groups is 1. The van der Waals surface area contributed by atoms with Gasteiger partial charge in [0.05, 0.1) is 0 Å². The third-order valence-corrected chi connectivity index (χ3v) is 4.35. The van der Waals surface area contributed by atoms with Gasteiger partial charge in [-0.1, -0.05) is 117 Å². The predicted octanol–water partition coefficient (Wildman–Crippen LogP) is 1.65. The van der Waals surface area contributed by atoms with E-state index < -0.39 is 0 Å². The summed E-state index contributed by atoms with van der Waals surface area (Å²) in [5.74, 6) is 0. The smallest absolute Gasteiger partial charge is 1.00 e. The normalized spacial score (nSPS) is 9.33. The van der Waals surface area contributed by atoms with Crippen LogP contribution in [-0.2, 0) is 21.7 Å². The molecule has 0 aliphatic carbocycles. The van der Waals surface area contributed by atoms with E-state index in [9.17, 15) is 0 Å². The Kier molecular flexibility index (Phi) is 59.7. The fraction of sp³-hybridized carbons (Fsp3) is 1.00. The van der Waals surface area contributed by atoms with Crippen LogP contribution in [-0.4, -0.2) is 24.8 Å². The molecule has 165 valence electrons. The maximum absolute atomic E-state index is 8.29. The van der Waals surface area contributed by atoms with Gasteiger partial charge in [-0.25, -0.2) is 0 Å². The van der Waals surface area contributed by atoms with E-state index in [1.54, 1.807) is 0 Å². The van der Waals surface area contributed by atoms with Crippen molar-refractivity contribution in [2.45, 2.75) is 124 Å². The van der Waals surface area contributed by atoms with Crippen molar-refractivity contribution in [3.05, 3.63) is 5.32 Å². The molecule has 0 aliphatic rings. The van der Waals surface area contributed by atoms with E-state index in [4.69, 9.17) is 5.11 Å². The molecule has 0 aromatic heterocycles. The molecule has 0 aromatic carbocycles. The maximum Gasteiger partial charge on any atom is 3.00 e.